The summed E-state index contributed by atoms with van der Waals surface area (Å²) in [5.74, 6) is 1.55. The van der Waals surface area contributed by atoms with Gasteiger partial charge in [0, 0.05) is 13.6 Å². The van der Waals surface area contributed by atoms with Crippen LogP contribution in [-0.4, -0.2) is 32.7 Å². The molecule has 0 aromatic carbocycles. The zero-order valence-electron chi connectivity index (χ0n) is 8.22. The number of amides is 1. The molecule has 2 heterocycles. The molecular formula is C9H15N3O2. The van der Waals surface area contributed by atoms with Gasteiger partial charge in [-0.15, -0.1) is 0 Å². The molecule has 0 aromatic heterocycles. The molecule has 0 spiro atoms. The SMILES string of the molecule is CNC(=O)C1CCNC2=C1OCCN2. The Morgan fingerprint density at radius 2 is 2.29 bits per heavy atom. The first-order valence-electron chi connectivity index (χ1n) is 4.89. The monoisotopic (exact) mass is 197 g/mol. The lowest BCUT2D eigenvalue weighted by molar-refractivity contribution is -0.125. The van der Waals surface area contributed by atoms with E-state index in [1.807, 2.05) is 0 Å². The van der Waals surface area contributed by atoms with Crippen molar-refractivity contribution in [2.45, 2.75) is 6.42 Å². The third-order valence-electron chi connectivity index (χ3n) is 2.52. The topological polar surface area (TPSA) is 62.4 Å². The average molecular weight is 197 g/mol. The molecule has 2 aliphatic heterocycles. The first-order chi connectivity index (χ1) is 6.83. The molecule has 5 nitrogen and oxygen atoms in total. The fraction of sp³-hybridized carbons (Fsp3) is 0.667. The van der Waals surface area contributed by atoms with Crippen LogP contribution in [0.1, 0.15) is 6.42 Å². The zero-order chi connectivity index (χ0) is 9.97. The lowest BCUT2D eigenvalue weighted by Gasteiger charge is -2.32. The van der Waals surface area contributed by atoms with Gasteiger partial charge in [0.15, 0.2) is 0 Å². The maximum atomic E-state index is 11.5. The highest BCUT2D eigenvalue weighted by molar-refractivity contribution is 5.81. The summed E-state index contributed by atoms with van der Waals surface area (Å²) in [5, 5.41) is 9.05. The normalized spacial score (nSPS) is 25.4. The third kappa shape index (κ3) is 1.49. The second-order valence-corrected chi connectivity index (χ2v) is 3.40. The van der Waals surface area contributed by atoms with Gasteiger partial charge in [-0.05, 0) is 6.42 Å². The second-order valence-electron chi connectivity index (χ2n) is 3.40. The number of carbonyl (C=O) groups excluding carboxylic acids is 1. The van der Waals surface area contributed by atoms with Gasteiger partial charge in [0.1, 0.15) is 24.1 Å². The van der Waals surface area contributed by atoms with E-state index in [1.165, 1.54) is 0 Å². The summed E-state index contributed by atoms with van der Waals surface area (Å²) >= 11 is 0. The Morgan fingerprint density at radius 1 is 1.50 bits per heavy atom. The van der Waals surface area contributed by atoms with E-state index in [1.54, 1.807) is 7.05 Å². The van der Waals surface area contributed by atoms with Gasteiger partial charge in [-0.2, -0.15) is 0 Å². The summed E-state index contributed by atoms with van der Waals surface area (Å²) in [7, 11) is 1.65. The van der Waals surface area contributed by atoms with Gasteiger partial charge < -0.3 is 20.7 Å². The number of nitrogens with one attached hydrogen (secondary N) is 3. The number of hydrogen-bond acceptors (Lipinski definition) is 4. The molecule has 14 heavy (non-hydrogen) atoms. The molecule has 0 saturated carbocycles. The Morgan fingerprint density at radius 3 is 3.07 bits per heavy atom. The Balaban J connectivity index is 2.20. The van der Waals surface area contributed by atoms with Crippen molar-refractivity contribution in [3.8, 4) is 0 Å². The molecule has 0 bridgehead atoms. The quantitative estimate of drug-likeness (QED) is 0.511. The second kappa shape index (κ2) is 3.77. The van der Waals surface area contributed by atoms with E-state index in [2.05, 4.69) is 16.0 Å². The van der Waals surface area contributed by atoms with Crippen LogP contribution >= 0.6 is 0 Å². The van der Waals surface area contributed by atoms with Crippen LogP contribution < -0.4 is 16.0 Å². The lowest BCUT2D eigenvalue weighted by Crippen LogP contribution is -2.44. The molecule has 3 N–H and O–H groups in total. The summed E-state index contributed by atoms with van der Waals surface area (Å²) in [6, 6.07) is 0. The van der Waals surface area contributed by atoms with Gasteiger partial charge in [-0.3, -0.25) is 4.79 Å². The smallest absolute Gasteiger partial charge is 0.230 e. The zero-order valence-corrected chi connectivity index (χ0v) is 8.22. The van der Waals surface area contributed by atoms with E-state index in [0.717, 1.165) is 31.1 Å². The summed E-state index contributed by atoms with van der Waals surface area (Å²) < 4.78 is 5.51. The maximum absolute atomic E-state index is 11.5. The predicted molar refractivity (Wildman–Crippen MR) is 51.2 cm³/mol. The van der Waals surface area contributed by atoms with Crippen LogP contribution in [0.5, 0.6) is 0 Å². The lowest BCUT2D eigenvalue weighted by atomic mass is 9.98. The molecule has 1 atom stereocenters. The molecule has 5 heteroatoms. The number of hydrogen-bond donors (Lipinski definition) is 3. The highest BCUT2D eigenvalue weighted by Crippen LogP contribution is 2.23. The molecule has 0 fully saturated rings. The van der Waals surface area contributed by atoms with Gasteiger partial charge >= 0.3 is 0 Å². The molecule has 1 unspecified atom stereocenters. The Bertz CT molecular complexity index is 271. The largest absolute Gasteiger partial charge is 0.491 e. The van der Waals surface area contributed by atoms with Crippen molar-refractivity contribution in [3.05, 3.63) is 11.6 Å². The number of ether oxygens (including phenoxy) is 1. The molecule has 2 rings (SSSR count). The maximum Gasteiger partial charge on any atom is 0.230 e. The minimum atomic E-state index is -0.135. The third-order valence-corrected chi connectivity index (χ3v) is 2.52. The summed E-state index contributed by atoms with van der Waals surface area (Å²) in [4.78, 5) is 11.5. The molecule has 0 aromatic rings. The highest BCUT2D eigenvalue weighted by Gasteiger charge is 2.31. The molecule has 2 aliphatic rings. The molecule has 1 amide bonds. The van der Waals surface area contributed by atoms with Crippen molar-refractivity contribution in [2.24, 2.45) is 5.92 Å². The van der Waals surface area contributed by atoms with Crippen LogP contribution in [-0.2, 0) is 9.53 Å². The predicted octanol–water partition coefficient (Wildman–Crippen LogP) is -0.869. The highest BCUT2D eigenvalue weighted by atomic mass is 16.5. The molecule has 0 radical (unpaired) electrons. The van der Waals surface area contributed by atoms with Crippen LogP contribution in [0, 0.1) is 5.92 Å². The van der Waals surface area contributed by atoms with Gasteiger partial charge in [-0.1, -0.05) is 0 Å². The molecule has 0 aliphatic carbocycles. The van der Waals surface area contributed by atoms with E-state index in [4.69, 9.17) is 4.74 Å². The van der Waals surface area contributed by atoms with Gasteiger partial charge in [-0.25, -0.2) is 0 Å². The molecule has 78 valence electrons. The van der Waals surface area contributed by atoms with Crippen molar-refractivity contribution in [1.29, 1.82) is 0 Å². The van der Waals surface area contributed by atoms with Crippen LogP contribution in [0.4, 0.5) is 0 Å². The minimum absolute atomic E-state index is 0.0303. The summed E-state index contributed by atoms with van der Waals surface area (Å²) in [5.41, 5.74) is 0. The van der Waals surface area contributed by atoms with E-state index >= 15 is 0 Å². The Labute approximate surface area is 82.9 Å². The number of rotatable bonds is 1. The van der Waals surface area contributed by atoms with Gasteiger partial charge in [0.25, 0.3) is 0 Å². The van der Waals surface area contributed by atoms with Crippen LogP contribution in [0.3, 0.4) is 0 Å². The van der Waals surface area contributed by atoms with Crippen molar-refractivity contribution < 1.29 is 9.53 Å². The van der Waals surface area contributed by atoms with Gasteiger partial charge in [0.2, 0.25) is 5.91 Å². The fourth-order valence-electron chi connectivity index (χ4n) is 1.82. The van der Waals surface area contributed by atoms with E-state index in [-0.39, 0.29) is 11.8 Å². The van der Waals surface area contributed by atoms with Crippen molar-refractivity contribution in [2.75, 3.05) is 26.7 Å². The van der Waals surface area contributed by atoms with E-state index < -0.39 is 0 Å². The molecular weight excluding hydrogens is 182 g/mol. The van der Waals surface area contributed by atoms with Gasteiger partial charge in [0.05, 0.1) is 6.54 Å². The van der Waals surface area contributed by atoms with Crippen molar-refractivity contribution in [1.82, 2.24) is 16.0 Å². The first-order valence-corrected chi connectivity index (χ1v) is 4.89. The Kier molecular flexibility index (Phi) is 2.47. The van der Waals surface area contributed by atoms with Crippen LogP contribution in [0.15, 0.2) is 11.6 Å². The van der Waals surface area contributed by atoms with Crippen molar-refractivity contribution >= 4 is 5.91 Å². The van der Waals surface area contributed by atoms with Crippen LogP contribution in [0.2, 0.25) is 0 Å². The number of carbonyl (C=O) groups is 1. The fourth-order valence-corrected chi connectivity index (χ4v) is 1.82. The van der Waals surface area contributed by atoms with Crippen molar-refractivity contribution in [3.63, 3.8) is 0 Å². The average Bonchev–Trinajstić information content (AvgIpc) is 2.27. The molecule has 0 saturated heterocycles. The summed E-state index contributed by atoms with van der Waals surface area (Å²) in [6.45, 7) is 2.24. The Hall–Kier alpha value is -1.39. The first kappa shape index (κ1) is 9.18. The van der Waals surface area contributed by atoms with E-state index in [9.17, 15) is 4.79 Å². The van der Waals surface area contributed by atoms with E-state index in [0.29, 0.717) is 6.61 Å². The van der Waals surface area contributed by atoms with Crippen LogP contribution in [0.25, 0.3) is 0 Å². The summed E-state index contributed by atoms with van der Waals surface area (Å²) in [6.07, 6.45) is 0.792. The standard InChI is InChI=1S/C9H15N3O2/c1-10-9(13)6-2-3-11-8-7(6)14-5-4-12-8/h6,11-12H,2-5H2,1H3,(H,10,13). The minimum Gasteiger partial charge on any atom is -0.491 e.